The van der Waals surface area contributed by atoms with Crippen molar-refractivity contribution >= 4 is 5.97 Å². The molecule has 0 atom stereocenters. The highest BCUT2D eigenvalue weighted by Gasteiger charge is 2.26. The van der Waals surface area contributed by atoms with E-state index in [1.54, 1.807) is 0 Å². The van der Waals surface area contributed by atoms with Crippen LogP contribution >= 0.6 is 0 Å². The zero-order valence-electron chi connectivity index (χ0n) is 14.9. The monoisotopic (exact) mass is 330 g/mol. The summed E-state index contributed by atoms with van der Waals surface area (Å²) in [6, 6.07) is 3.84. The van der Waals surface area contributed by atoms with Crippen LogP contribution in [0.4, 0.5) is 0 Å². The van der Waals surface area contributed by atoms with Crippen LogP contribution in [0.1, 0.15) is 101 Å². The van der Waals surface area contributed by atoms with Gasteiger partial charge < -0.3 is 9.84 Å². The average Bonchev–Trinajstić information content (AvgIpc) is 2.64. The first-order valence-electron chi connectivity index (χ1n) is 9.76. The summed E-state index contributed by atoms with van der Waals surface area (Å²) in [6.45, 7) is 1.81. The Morgan fingerprint density at radius 2 is 1.42 bits per heavy atom. The molecular weight excluding hydrogens is 300 g/mol. The lowest BCUT2D eigenvalue weighted by Crippen LogP contribution is -2.11. The number of rotatable bonds is 4. The molecular formula is C21H30O3. The van der Waals surface area contributed by atoms with E-state index in [1.165, 1.54) is 38.5 Å². The first kappa shape index (κ1) is 17.3. The second-order valence-electron chi connectivity index (χ2n) is 7.45. The van der Waals surface area contributed by atoms with Crippen molar-refractivity contribution in [3.8, 4) is 11.5 Å². The summed E-state index contributed by atoms with van der Waals surface area (Å²) in [4.78, 5) is 11.8. The van der Waals surface area contributed by atoms with Crippen molar-refractivity contribution < 1.29 is 14.6 Å². The number of hydrogen-bond donors (Lipinski definition) is 1. The Morgan fingerprint density at radius 3 is 1.83 bits per heavy atom. The molecule has 1 N–H and O–H groups in total. The van der Waals surface area contributed by atoms with E-state index in [2.05, 4.69) is 0 Å². The lowest BCUT2D eigenvalue weighted by molar-refractivity contribution is -0.134. The maximum Gasteiger partial charge on any atom is 0.310 e. The summed E-state index contributed by atoms with van der Waals surface area (Å²) in [5.74, 6) is 1.71. The van der Waals surface area contributed by atoms with Gasteiger partial charge in [-0.3, -0.25) is 4.79 Å². The molecule has 3 nitrogen and oxygen atoms in total. The average molecular weight is 330 g/mol. The van der Waals surface area contributed by atoms with E-state index < -0.39 is 0 Å². The number of phenols is 1. The predicted octanol–water partition coefficient (Wildman–Crippen LogP) is 5.80. The van der Waals surface area contributed by atoms with Crippen molar-refractivity contribution in [1.82, 2.24) is 0 Å². The van der Waals surface area contributed by atoms with E-state index in [1.807, 2.05) is 19.1 Å². The zero-order valence-corrected chi connectivity index (χ0v) is 14.9. The van der Waals surface area contributed by atoms with Gasteiger partial charge in [-0.15, -0.1) is 0 Å². The van der Waals surface area contributed by atoms with E-state index in [0.717, 1.165) is 36.8 Å². The molecule has 132 valence electrons. The first-order chi connectivity index (χ1) is 11.7. The number of ether oxygens (including phenoxy) is 1. The molecule has 0 saturated heterocycles. The van der Waals surface area contributed by atoms with Gasteiger partial charge in [0, 0.05) is 17.5 Å². The number of carbonyl (C=O) groups is 1. The van der Waals surface area contributed by atoms with Crippen LogP contribution in [0.15, 0.2) is 12.1 Å². The topological polar surface area (TPSA) is 46.5 Å². The van der Waals surface area contributed by atoms with Crippen LogP contribution in [0.2, 0.25) is 0 Å². The second kappa shape index (κ2) is 8.04. The molecule has 1 aromatic carbocycles. The molecule has 2 saturated carbocycles. The Labute approximate surface area is 145 Å². The Bertz CT molecular complexity index is 527. The normalized spacial score (nSPS) is 20.0. The van der Waals surface area contributed by atoms with Crippen LogP contribution in [0.25, 0.3) is 0 Å². The summed E-state index contributed by atoms with van der Waals surface area (Å²) < 4.78 is 5.53. The van der Waals surface area contributed by atoms with Crippen molar-refractivity contribution in [2.24, 2.45) is 0 Å². The van der Waals surface area contributed by atoms with E-state index in [9.17, 15) is 9.90 Å². The van der Waals surface area contributed by atoms with Crippen molar-refractivity contribution in [2.75, 3.05) is 0 Å². The van der Waals surface area contributed by atoms with Crippen molar-refractivity contribution in [3.05, 3.63) is 23.3 Å². The molecule has 0 aromatic heterocycles. The summed E-state index contributed by atoms with van der Waals surface area (Å²) in [5.41, 5.74) is 2.02. The number of esters is 1. The largest absolute Gasteiger partial charge is 0.507 e. The fourth-order valence-electron chi connectivity index (χ4n) is 4.36. The maximum atomic E-state index is 11.8. The molecule has 2 fully saturated rings. The maximum absolute atomic E-state index is 11.8. The zero-order chi connectivity index (χ0) is 16.9. The highest BCUT2D eigenvalue weighted by atomic mass is 16.5. The smallest absolute Gasteiger partial charge is 0.310 e. The van der Waals surface area contributed by atoms with Gasteiger partial charge in [0.2, 0.25) is 0 Å². The first-order valence-corrected chi connectivity index (χ1v) is 9.76. The SMILES string of the molecule is CCC(=O)Oc1cc(C2CCCCC2)c(O)c(C2CCCCC2)c1. The molecule has 0 unspecified atom stereocenters. The molecule has 0 heterocycles. The Morgan fingerprint density at radius 1 is 0.958 bits per heavy atom. The fourth-order valence-corrected chi connectivity index (χ4v) is 4.36. The number of benzene rings is 1. The van der Waals surface area contributed by atoms with Crippen molar-refractivity contribution in [2.45, 2.75) is 89.4 Å². The van der Waals surface area contributed by atoms with Gasteiger partial charge in [-0.25, -0.2) is 0 Å². The molecule has 0 radical (unpaired) electrons. The summed E-state index contributed by atoms with van der Waals surface area (Å²) in [6.07, 6.45) is 12.4. The Kier molecular flexibility index (Phi) is 5.80. The van der Waals surface area contributed by atoms with E-state index in [4.69, 9.17) is 4.74 Å². The highest BCUT2D eigenvalue weighted by molar-refractivity contribution is 5.72. The van der Waals surface area contributed by atoms with Crippen molar-refractivity contribution in [1.29, 1.82) is 0 Å². The van der Waals surface area contributed by atoms with Gasteiger partial charge in [0.05, 0.1) is 0 Å². The van der Waals surface area contributed by atoms with Gasteiger partial charge in [0.15, 0.2) is 0 Å². The van der Waals surface area contributed by atoms with Crippen LogP contribution in [0.3, 0.4) is 0 Å². The standard InChI is InChI=1S/C21H30O3/c1-2-20(22)24-17-13-18(15-9-5-3-6-10-15)21(23)19(14-17)16-11-7-4-8-12-16/h13-16,23H,2-12H2,1H3. The predicted molar refractivity (Wildman–Crippen MR) is 95.7 cm³/mol. The molecule has 0 bridgehead atoms. The summed E-state index contributed by atoms with van der Waals surface area (Å²) >= 11 is 0. The van der Waals surface area contributed by atoms with Gasteiger partial charge in [-0.2, -0.15) is 0 Å². The molecule has 3 rings (SSSR count). The van der Waals surface area contributed by atoms with Crippen LogP contribution in [0, 0.1) is 0 Å². The molecule has 0 aliphatic heterocycles. The molecule has 3 heteroatoms. The third-order valence-electron chi connectivity index (χ3n) is 5.75. The Hall–Kier alpha value is -1.51. The number of phenolic OH excluding ortho intramolecular Hbond substituents is 1. The number of carbonyl (C=O) groups excluding carboxylic acids is 1. The number of hydrogen-bond acceptors (Lipinski definition) is 3. The van der Waals surface area contributed by atoms with E-state index in [0.29, 0.717) is 29.8 Å². The molecule has 24 heavy (non-hydrogen) atoms. The summed E-state index contributed by atoms with van der Waals surface area (Å²) in [5, 5.41) is 11.0. The van der Waals surface area contributed by atoms with Crippen LogP contribution in [0.5, 0.6) is 11.5 Å². The fraction of sp³-hybridized carbons (Fsp3) is 0.667. The Balaban J connectivity index is 1.95. The third-order valence-corrected chi connectivity index (χ3v) is 5.75. The van der Waals surface area contributed by atoms with Gasteiger partial charge in [-0.1, -0.05) is 45.4 Å². The van der Waals surface area contributed by atoms with Gasteiger partial charge >= 0.3 is 5.97 Å². The minimum absolute atomic E-state index is 0.204. The minimum Gasteiger partial charge on any atom is -0.507 e. The van der Waals surface area contributed by atoms with Crippen LogP contribution in [-0.4, -0.2) is 11.1 Å². The highest BCUT2D eigenvalue weighted by Crippen LogP contribution is 2.45. The minimum atomic E-state index is -0.204. The van der Waals surface area contributed by atoms with Gasteiger partial charge in [-0.05, 0) is 49.7 Å². The van der Waals surface area contributed by atoms with E-state index in [-0.39, 0.29) is 5.97 Å². The number of aromatic hydroxyl groups is 1. The molecule has 0 amide bonds. The molecule has 1 aromatic rings. The second-order valence-corrected chi connectivity index (χ2v) is 7.45. The van der Waals surface area contributed by atoms with Crippen LogP contribution < -0.4 is 4.74 Å². The van der Waals surface area contributed by atoms with Crippen molar-refractivity contribution in [3.63, 3.8) is 0 Å². The van der Waals surface area contributed by atoms with Gasteiger partial charge in [0.1, 0.15) is 11.5 Å². The summed E-state index contributed by atoms with van der Waals surface area (Å²) in [7, 11) is 0. The molecule has 2 aliphatic rings. The lowest BCUT2D eigenvalue weighted by Gasteiger charge is -2.28. The van der Waals surface area contributed by atoms with Crippen LogP contribution in [-0.2, 0) is 4.79 Å². The molecule has 0 spiro atoms. The van der Waals surface area contributed by atoms with Gasteiger partial charge in [0.25, 0.3) is 0 Å². The van der Waals surface area contributed by atoms with E-state index >= 15 is 0 Å². The third kappa shape index (κ3) is 3.93. The molecule has 2 aliphatic carbocycles. The quantitative estimate of drug-likeness (QED) is 0.560. The lowest BCUT2D eigenvalue weighted by atomic mass is 9.79.